The summed E-state index contributed by atoms with van der Waals surface area (Å²) in [5.41, 5.74) is 1.68. The summed E-state index contributed by atoms with van der Waals surface area (Å²) < 4.78 is 13.1. The van der Waals surface area contributed by atoms with Crippen molar-refractivity contribution in [2.75, 3.05) is 7.05 Å². The Labute approximate surface area is 105 Å². The van der Waals surface area contributed by atoms with E-state index in [9.17, 15) is 9.18 Å². The van der Waals surface area contributed by atoms with E-state index in [1.165, 1.54) is 12.1 Å². The molecule has 0 unspecified atom stereocenters. The number of hydrogen-bond acceptors (Lipinski definition) is 1. The fraction of sp³-hybridized carbons (Fsp3) is 0.357. The summed E-state index contributed by atoms with van der Waals surface area (Å²) in [4.78, 5) is 16.9. The predicted molar refractivity (Wildman–Crippen MR) is 67.8 cm³/mol. The van der Waals surface area contributed by atoms with Crippen LogP contribution in [0, 0.1) is 5.82 Å². The Bertz CT molecular complexity index is 601. The van der Waals surface area contributed by atoms with Crippen LogP contribution in [0.4, 0.5) is 4.39 Å². The van der Waals surface area contributed by atoms with Crippen LogP contribution < -0.4 is 0 Å². The van der Waals surface area contributed by atoms with E-state index in [0.717, 1.165) is 29.3 Å². The van der Waals surface area contributed by atoms with Gasteiger partial charge in [-0.2, -0.15) is 0 Å². The highest BCUT2D eigenvalue weighted by Crippen LogP contribution is 2.27. The lowest BCUT2D eigenvalue weighted by molar-refractivity contribution is -0.129. The first kappa shape index (κ1) is 11.3. The van der Waals surface area contributed by atoms with Gasteiger partial charge in [-0.25, -0.2) is 4.39 Å². The van der Waals surface area contributed by atoms with Crippen LogP contribution in [-0.4, -0.2) is 28.9 Å². The van der Waals surface area contributed by atoms with Gasteiger partial charge in [0, 0.05) is 30.2 Å². The molecule has 1 fully saturated rings. The molecule has 0 bridgehead atoms. The summed E-state index contributed by atoms with van der Waals surface area (Å²) in [6, 6.07) is 5.03. The number of halogens is 1. The third-order valence-electron chi connectivity index (χ3n) is 3.56. The van der Waals surface area contributed by atoms with Crippen LogP contribution in [0.1, 0.15) is 18.4 Å². The second-order valence-corrected chi connectivity index (χ2v) is 4.92. The van der Waals surface area contributed by atoms with Gasteiger partial charge in [-0.15, -0.1) is 0 Å². The van der Waals surface area contributed by atoms with Crippen molar-refractivity contribution in [3.63, 3.8) is 0 Å². The van der Waals surface area contributed by atoms with E-state index in [1.807, 2.05) is 11.9 Å². The van der Waals surface area contributed by atoms with Crippen molar-refractivity contribution < 1.29 is 9.18 Å². The number of benzene rings is 1. The first-order valence-electron chi connectivity index (χ1n) is 6.16. The molecule has 1 aromatic heterocycles. The number of fused-ring (bicyclic) bond motifs is 1. The monoisotopic (exact) mass is 246 g/mol. The van der Waals surface area contributed by atoms with E-state index in [2.05, 4.69) is 4.98 Å². The highest BCUT2D eigenvalue weighted by atomic mass is 19.1. The number of amides is 1. The van der Waals surface area contributed by atoms with Crippen LogP contribution in [-0.2, 0) is 11.2 Å². The molecule has 4 heteroatoms. The third kappa shape index (κ3) is 1.98. The number of nitrogens with one attached hydrogen (secondary N) is 1. The Balaban J connectivity index is 1.84. The van der Waals surface area contributed by atoms with Crippen LogP contribution in [0.5, 0.6) is 0 Å². The molecule has 0 radical (unpaired) electrons. The highest BCUT2D eigenvalue weighted by molar-refractivity contribution is 5.89. The smallest absolute Gasteiger partial charge is 0.227 e. The standard InChI is InChI=1S/C14H15FN2O/c1-17(11-3-4-11)14(18)6-9-8-16-13-7-10(15)2-5-12(9)13/h2,5,7-8,11,16H,3-4,6H2,1H3. The Hall–Kier alpha value is -1.84. The summed E-state index contributed by atoms with van der Waals surface area (Å²) in [7, 11) is 1.86. The highest BCUT2D eigenvalue weighted by Gasteiger charge is 2.29. The zero-order valence-electron chi connectivity index (χ0n) is 10.2. The summed E-state index contributed by atoms with van der Waals surface area (Å²) in [6.45, 7) is 0. The van der Waals surface area contributed by atoms with Gasteiger partial charge in [0.25, 0.3) is 0 Å². The molecular formula is C14H15FN2O. The van der Waals surface area contributed by atoms with E-state index in [4.69, 9.17) is 0 Å². The summed E-state index contributed by atoms with van der Waals surface area (Å²) in [6.07, 6.45) is 4.39. The predicted octanol–water partition coefficient (Wildman–Crippen LogP) is 2.47. The molecule has 1 saturated carbocycles. The number of likely N-dealkylation sites (N-methyl/N-ethyl adjacent to an activating group) is 1. The minimum Gasteiger partial charge on any atom is -0.361 e. The quantitative estimate of drug-likeness (QED) is 0.887. The summed E-state index contributed by atoms with van der Waals surface area (Å²) in [5.74, 6) is -0.139. The topological polar surface area (TPSA) is 36.1 Å². The number of rotatable bonds is 3. The first-order valence-corrected chi connectivity index (χ1v) is 6.16. The Morgan fingerprint density at radius 1 is 1.50 bits per heavy atom. The summed E-state index contributed by atoms with van der Waals surface area (Å²) >= 11 is 0. The van der Waals surface area contributed by atoms with Gasteiger partial charge in [-0.3, -0.25) is 4.79 Å². The molecule has 0 aliphatic heterocycles. The molecule has 1 N–H and O–H groups in total. The fourth-order valence-electron chi connectivity index (χ4n) is 2.26. The van der Waals surface area contributed by atoms with Gasteiger partial charge in [-0.05, 0) is 36.6 Å². The van der Waals surface area contributed by atoms with Gasteiger partial charge in [0.05, 0.1) is 6.42 Å². The SMILES string of the molecule is CN(C(=O)Cc1c[nH]c2cc(F)ccc12)C1CC1. The largest absolute Gasteiger partial charge is 0.361 e. The average molecular weight is 246 g/mol. The zero-order valence-corrected chi connectivity index (χ0v) is 10.2. The number of carbonyl (C=O) groups is 1. The number of hydrogen-bond donors (Lipinski definition) is 1. The molecule has 1 aliphatic rings. The van der Waals surface area contributed by atoms with Crippen molar-refractivity contribution in [3.8, 4) is 0 Å². The van der Waals surface area contributed by atoms with Gasteiger partial charge in [-0.1, -0.05) is 0 Å². The molecule has 18 heavy (non-hydrogen) atoms. The van der Waals surface area contributed by atoms with Gasteiger partial charge in [0.1, 0.15) is 5.82 Å². The average Bonchev–Trinajstić information content (AvgIpc) is 3.12. The maximum Gasteiger partial charge on any atom is 0.227 e. The molecule has 2 aromatic rings. The normalized spacial score (nSPS) is 15.0. The molecular weight excluding hydrogens is 231 g/mol. The van der Waals surface area contributed by atoms with E-state index < -0.39 is 0 Å². The van der Waals surface area contributed by atoms with Crippen molar-refractivity contribution in [2.45, 2.75) is 25.3 Å². The molecule has 1 amide bonds. The number of carbonyl (C=O) groups excluding carboxylic acids is 1. The number of nitrogens with zero attached hydrogens (tertiary/aromatic N) is 1. The van der Waals surface area contributed by atoms with Crippen LogP contribution in [0.2, 0.25) is 0 Å². The lowest BCUT2D eigenvalue weighted by Crippen LogP contribution is -2.30. The Morgan fingerprint density at radius 2 is 2.28 bits per heavy atom. The molecule has 94 valence electrons. The maximum atomic E-state index is 13.1. The van der Waals surface area contributed by atoms with Crippen molar-refractivity contribution in [2.24, 2.45) is 0 Å². The Morgan fingerprint density at radius 3 is 3.00 bits per heavy atom. The van der Waals surface area contributed by atoms with Gasteiger partial charge in [0.2, 0.25) is 5.91 Å². The Kier molecular flexibility index (Phi) is 2.58. The third-order valence-corrected chi connectivity index (χ3v) is 3.56. The van der Waals surface area contributed by atoms with Gasteiger partial charge in [0.15, 0.2) is 0 Å². The van der Waals surface area contributed by atoms with Gasteiger partial charge >= 0.3 is 0 Å². The minimum absolute atomic E-state index is 0.128. The molecule has 0 saturated heterocycles. The van der Waals surface area contributed by atoms with Crippen LogP contribution in [0.25, 0.3) is 10.9 Å². The molecule has 3 rings (SSSR count). The second-order valence-electron chi connectivity index (χ2n) is 4.92. The summed E-state index contributed by atoms with van der Waals surface area (Å²) in [5, 5.41) is 0.925. The maximum absolute atomic E-state index is 13.1. The van der Waals surface area contributed by atoms with E-state index in [1.54, 1.807) is 12.3 Å². The van der Waals surface area contributed by atoms with Gasteiger partial charge < -0.3 is 9.88 Å². The second kappa shape index (κ2) is 4.12. The molecule has 1 aliphatic carbocycles. The van der Waals surface area contributed by atoms with Crippen molar-refractivity contribution in [1.29, 1.82) is 0 Å². The molecule has 0 atom stereocenters. The van der Waals surface area contributed by atoms with E-state index in [0.29, 0.717) is 12.5 Å². The molecule has 1 heterocycles. The van der Waals surface area contributed by atoms with Crippen LogP contribution >= 0.6 is 0 Å². The lowest BCUT2D eigenvalue weighted by Gasteiger charge is -2.15. The first-order chi connectivity index (χ1) is 8.65. The van der Waals surface area contributed by atoms with Crippen molar-refractivity contribution in [3.05, 3.63) is 35.8 Å². The minimum atomic E-state index is -0.266. The number of H-pyrrole nitrogens is 1. The van der Waals surface area contributed by atoms with E-state index in [-0.39, 0.29) is 11.7 Å². The molecule has 3 nitrogen and oxygen atoms in total. The van der Waals surface area contributed by atoms with E-state index >= 15 is 0 Å². The lowest BCUT2D eigenvalue weighted by atomic mass is 10.1. The van der Waals surface area contributed by atoms with Crippen LogP contribution in [0.3, 0.4) is 0 Å². The number of aromatic amines is 1. The zero-order chi connectivity index (χ0) is 12.7. The number of aromatic nitrogens is 1. The fourth-order valence-corrected chi connectivity index (χ4v) is 2.26. The van der Waals surface area contributed by atoms with Crippen molar-refractivity contribution >= 4 is 16.8 Å². The molecule has 1 aromatic carbocycles. The molecule has 0 spiro atoms. The van der Waals surface area contributed by atoms with Crippen molar-refractivity contribution in [1.82, 2.24) is 9.88 Å². The van der Waals surface area contributed by atoms with Crippen LogP contribution in [0.15, 0.2) is 24.4 Å².